The number of rotatable bonds is 3. The molecule has 0 bridgehead atoms. The number of carbonyl (C=O) groups is 1. The molecule has 1 N–H and O–H groups in total. The topological polar surface area (TPSA) is 49.8 Å². The highest BCUT2D eigenvalue weighted by Crippen LogP contribution is 2.27. The first kappa shape index (κ1) is 12.7. The molecule has 0 aromatic heterocycles. The number of likely N-dealkylation sites (tertiary alicyclic amines) is 1. The second-order valence-electron chi connectivity index (χ2n) is 3.82. The number of halogens is 2. The predicted molar refractivity (Wildman–Crippen MR) is 67.2 cm³/mol. The number of nitrogens with zero attached hydrogens (tertiary/aromatic N) is 1. The molecule has 1 fully saturated rings. The molecular weight excluding hydrogens is 309 g/mol. The number of hydrogen-bond donors (Lipinski definition) is 1. The van der Waals surface area contributed by atoms with Gasteiger partial charge in [-0.2, -0.15) is 0 Å². The van der Waals surface area contributed by atoms with Gasteiger partial charge in [-0.05, 0) is 18.2 Å². The van der Waals surface area contributed by atoms with Gasteiger partial charge >= 0.3 is 0 Å². The van der Waals surface area contributed by atoms with Crippen LogP contribution in [0.15, 0.2) is 22.7 Å². The van der Waals surface area contributed by atoms with Crippen LogP contribution in [0.4, 0.5) is 0 Å². The molecule has 0 radical (unpaired) electrons. The number of hydrogen-bond acceptors (Lipinski definition) is 3. The molecule has 0 atom stereocenters. The van der Waals surface area contributed by atoms with Crippen LogP contribution in [0.2, 0.25) is 5.02 Å². The summed E-state index contributed by atoms with van der Waals surface area (Å²) in [5.74, 6) is 0.332. The van der Waals surface area contributed by atoms with Crippen molar-refractivity contribution in [1.29, 1.82) is 0 Å². The molecule has 4 nitrogen and oxygen atoms in total. The van der Waals surface area contributed by atoms with Crippen molar-refractivity contribution in [2.75, 3.05) is 19.7 Å². The lowest BCUT2D eigenvalue weighted by Gasteiger charge is -2.35. The van der Waals surface area contributed by atoms with Crippen LogP contribution in [0, 0.1) is 0 Å². The van der Waals surface area contributed by atoms with E-state index in [0.717, 1.165) is 4.47 Å². The van der Waals surface area contributed by atoms with Gasteiger partial charge in [0, 0.05) is 17.6 Å². The molecule has 1 aromatic carbocycles. The Morgan fingerprint density at radius 2 is 2.29 bits per heavy atom. The molecule has 1 aliphatic heterocycles. The fourth-order valence-electron chi connectivity index (χ4n) is 1.48. The van der Waals surface area contributed by atoms with E-state index in [9.17, 15) is 4.79 Å². The predicted octanol–water partition coefficient (Wildman–Crippen LogP) is 1.68. The average molecular weight is 321 g/mol. The molecular formula is C11H11BrClNO3. The van der Waals surface area contributed by atoms with E-state index in [1.807, 2.05) is 0 Å². The average Bonchev–Trinajstić information content (AvgIpc) is 2.23. The van der Waals surface area contributed by atoms with Crippen LogP contribution in [0.3, 0.4) is 0 Å². The number of benzene rings is 1. The van der Waals surface area contributed by atoms with Gasteiger partial charge < -0.3 is 14.7 Å². The molecule has 0 saturated carbocycles. The molecule has 6 heteroatoms. The van der Waals surface area contributed by atoms with Crippen molar-refractivity contribution in [2.24, 2.45) is 0 Å². The van der Waals surface area contributed by atoms with Gasteiger partial charge in [0.05, 0.1) is 11.1 Å². The van der Waals surface area contributed by atoms with E-state index in [0.29, 0.717) is 23.9 Å². The Balaban J connectivity index is 1.87. The Morgan fingerprint density at radius 1 is 1.59 bits per heavy atom. The normalized spacial score (nSPS) is 15.6. The molecule has 2 rings (SSSR count). The van der Waals surface area contributed by atoms with E-state index in [4.69, 9.17) is 21.4 Å². The van der Waals surface area contributed by atoms with Gasteiger partial charge in [0.1, 0.15) is 5.75 Å². The van der Waals surface area contributed by atoms with Crippen LogP contribution < -0.4 is 4.74 Å². The summed E-state index contributed by atoms with van der Waals surface area (Å²) in [7, 11) is 0. The van der Waals surface area contributed by atoms with Crippen LogP contribution in [-0.4, -0.2) is 41.7 Å². The number of aliphatic hydroxyl groups is 1. The zero-order chi connectivity index (χ0) is 12.4. The van der Waals surface area contributed by atoms with Gasteiger partial charge in [-0.25, -0.2) is 0 Å². The van der Waals surface area contributed by atoms with Gasteiger partial charge in [-0.15, -0.1) is 0 Å². The number of ether oxygens (including phenoxy) is 1. The summed E-state index contributed by atoms with van der Waals surface area (Å²) < 4.78 is 6.17. The first-order chi connectivity index (χ1) is 8.06. The number of amides is 1. The Kier molecular flexibility index (Phi) is 3.91. The van der Waals surface area contributed by atoms with E-state index in [1.54, 1.807) is 18.2 Å². The van der Waals surface area contributed by atoms with E-state index in [1.165, 1.54) is 4.90 Å². The Bertz CT molecular complexity index is 435. The maximum atomic E-state index is 11.6. The molecule has 1 amide bonds. The standard InChI is InChI=1S/C11H11BrClNO3/c12-7-1-2-10(9(13)3-7)17-6-11(16)14-4-8(15)5-14/h1-3,8,15H,4-6H2. The van der Waals surface area contributed by atoms with Crippen molar-refractivity contribution in [1.82, 2.24) is 4.90 Å². The maximum Gasteiger partial charge on any atom is 0.260 e. The molecule has 1 saturated heterocycles. The lowest BCUT2D eigenvalue weighted by molar-refractivity contribution is -0.143. The third kappa shape index (κ3) is 3.12. The van der Waals surface area contributed by atoms with Crippen molar-refractivity contribution in [3.63, 3.8) is 0 Å². The van der Waals surface area contributed by atoms with Gasteiger partial charge in [0.25, 0.3) is 5.91 Å². The Hall–Kier alpha value is -0.780. The SMILES string of the molecule is O=C(COc1ccc(Br)cc1Cl)N1CC(O)C1. The minimum atomic E-state index is -0.393. The van der Waals surface area contributed by atoms with Crippen molar-refractivity contribution in [3.05, 3.63) is 27.7 Å². The molecule has 17 heavy (non-hydrogen) atoms. The summed E-state index contributed by atoms with van der Waals surface area (Å²) in [6, 6.07) is 5.19. The zero-order valence-electron chi connectivity index (χ0n) is 8.90. The molecule has 1 heterocycles. The summed E-state index contributed by atoms with van der Waals surface area (Å²) >= 11 is 9.23. The quantitative estimate of drug-likeness (QED) is 0.922. The first-order valence-corrected chi connectivity index (χ1v) is 6.27. The Labute approximate surface area is 112 Å². The van der Waals surface area contributed by atoms with Gasteiger partial charge in [0.2, 0.25) is 0 Å². The Morgan fingerprint density at radius 3 is 2.88 bits per heavy atom. The monoisotopic (exact) mass is 319 g/mol. The molecule has 92 valence electrons. The summed E-state index contributed by atoms with van der Waals surface area (Å²) in [5, 5.41) is 9.52. The number of aliphatic hydroxyl groups excluding tert-OH is 1. The van der Waals surface area contributed by atoms with Gasteiger partial charge in [0.15, 0.2) is 6.61 Å². The third-order valence-corrected chi connectivity index (χ3v) is 3.25. The highest BCUT2D eigenvalue weighted by molar-refractivity contribution is 9.10. The summed E-state index contributed by atoms with van der Waals surface area (Å²) in [4.78, 5) is 13.1. The highest BCUT2D eigenvalue weighted by atomic mass is 79.9. The van der Waals surface area contributed by atoms with Gasteiger partial charge in [-0.3, -0.25) is 4.79 Å². The first-order valence-electron chi connectivity index (χ1n) is 5.10. The van der Waals surface area contributed by atoms with E-state index >= 15 is 0 Å². The fourth-order valence-corrected chi connectivity index (χ4v) is 2.21. The van der Waals surface area contributed by atoms with Crippen LogP contribution in [0.5, 0.6) is 5.75 Å². The molecule has 0 unspecified atom stereocenters. The van der Waals surface area contributed by atoms with Crippen LogP contribution in [0.25, 0.3) is 0 Å². The van der Waals surface area contributed by atoms with Crippen molar-refractivity contribution in [2.45, 2.75) is 6.10 Å². The number of carbonyl (C=O) groups excluding carboxylic acids is 1. The smallest absolute Gasteiger partial charge is 0.260 e. The van der Waals surface area contributed by atoms with Crippen molar-refractivity contribution in [3.8, 4) is 5.75 Å². The van der Waals surface area contributed by atoms with Gasteiger partial charge in [-0.1, -0.05) is 27.5 Å². The minimum absolute atomic E-state index is 0.0614. The second kappa shape index (κ2) is 5.25. The van der Waals surface area contributed by atoms with Crippen LogP contribution >= 0.6 is 27.5 Å². The molecule has 1 aliphatic rings. The van der Waals surface area contributed by atoms with E-state index in [2.05, 4.69) is 15.9 Å². The highest BCUT2D eigenvalue weighted by Gasteiger charge is 2.28. The molecule has 0 aliphatic carbocycles. The molecule has 1 aromatic rings. The summed E-state index contributed by atoms with van der Waals surface area (Å²) in [5.41, 5.74) is 0. The zero-order valence-corrected chi connectivity index (χ0v) is 11.2. The third-order valence-electron chi connectivity index (χ3n) is 2.46. The number of β-amino-alcohol motifs (C(OH)–C–C–N with tert-alkyl or cyclic N) is 1. The largest absolute Gasteiger partial charge is 0.482 e. The van der Waals surface area contributed by atoms with Crippen LogP contribution in [0.1, 0.15) is 0 Å². The lowest BCUT2D eigenvalue weighted by atomic mass is 10.2. The van der Waals surface area contributed by atoms with E-state index < -0.39 is 6.10 Å². The lowest BCUT2D eigenvalue weighted by Crippen LogP contribution is -2.54. The summed E-state index contributed by atoms with van der Waals surface area (Å²) in [6.45, 7) is 0.709. The van der Waals surface area contributed by atoms with Crippen molar-refractivity contribution < 1.29 is 14.6 Å². The summed E-state index contributed by atoms with van der Waals surface area (Å²) in [6.07, 6.45) is -0.393. The molecule has 0 spiro atoms. The minimum Gasteiger partial charge on any atom is -0.482 e. The van der Waals surface area contributed by atoms with Crippen LogP contribution in [-0.2, 0) is 4.79 Å². The van der Waals surface area contributed by atoms with Crippen molar-refractivity contribution >= 4 is 33.4 Å². The maximum absolute atomic E-state index is 11.6. The second-order valence-corrected chi connectivity index (χ2v) is 5.14. The van der Waals surface area contributed by atoms with E-state index in [-0.39, 0.29) is 12.5 Å². The fraction of sp³-hybridized carbons (Fsp3) is 0.364.